The Morgan fingerprint density at radius 3 is 2.04 bits per heavy atom. The van der Waals surface area contributed by atoms with Gasteiger partial charge in [0, 0.05) is 105 Å². The fraction of sp³-hybridized carbons (Fsp3) is 0.542. The van der Waals surface area contributed by atoms with Gasteiger partial charge in [-0.25, -0.2) is 14.5 Å². The van der Waals surface area contributed by atoms with E-state index in [2.05, 4.69) is 69.7 Å². The number of nitrogens with one attached hydrogen (secondary N) is 4. The lowest BCUT2D eigenvalue weighted by atomic mass is 9.49. The van der Waals surface area contributed by atoms with Crippen LogP contribution in [0.3, 0.4) is 0 Å². The first-order valence-electron chi connectivity index (χ1n) is 27.8. The van der Waals surface area contributed by atoms with Gasteiger partial charge in [-0.05, 0) is 106 Å². The molecule has 21 nitrogen and oxygen atoms in total. The van der Waals surface area contributed by atoms with E-state index in [-0.39, 0.29) is 71.9 Å². The Labute approximate surface area is 478 Å². The number of imide groups is 2. The molecule has 4 N–H and O–H groups in total. The van der Waals surface area contributed by atoms with Gasteiger partial charge in [-0.1, -0.05) is 53.1 Å². The maximum Gasteiger partial charge on any atom is 0.408 e. The van der Waals surface area contributed by atoms with Crippen molar-refractivity contribution in [3.63, 3.8) is 0 Å². The van der Waals surface area contributed by atoms with Crippen molar-refractivity contribution < 1.29 is 52.6 Å². The number of likely N-dealkylation sites (tertiary alicyclic amines) is 1. The molecule has 8 amide bonds. The Hall–Kier alpha value is -7.44. The summed E-state index contributed by atoms with van der Waals surface area (Å²) in [6.07, 6.45) is -0.116. The smallest absolute Gasteiger partial charge is 0.408 e. The normalized spacial score (nSPS) is 21.4. The lowest BCUT2D eigenvalue weighted by Gasteiger charge is -2.63. The summed E-state index contributed by atoms with van der Waals surface area (Å²) in [7, 11) is 0. The third kappa shape index (κ3) is 13.3. The monoisotopic (exact) mass is 1130 g/mol. The molecule has 1 saturated carbocycles. The van der Waals surface area contributed by atoms with Crippen molar-refractivity contribution in [2.45, 2.75) is 118 Å². The van der Waals surface area contributed by atoms with Crippen molar-refractivity contribution >= 4 is 70.6 Å². The molecule has 3 aromatic carbocycles. The van der Waals surface area contributed by atoms with Gasteiger partial charge in [0.2, 0.25) is 11.8 Å². The average Bonchev–Trinajstić information content (AvgIpc) is 2.07. The Kier molecular flexibility index (Phi) is 17.9. The average molecular weight is 1140 g/mol. The zero-order valence-electron chi connectivity index (χ0n) is 47.7. The van der Waals surface area contributed by atoms with Crippen molar-refractivity contribution in [1.29, 1.82) is 5.26 Å². The zero-order chi connectivity index (χ0) is 58.7. The maximum atomic E-state index is 13.9. The lowest BCUT2D eigenvalue weighted by molar-refractivity contribution is -0.164. The fourth-order valence-corrected chi connectivity index (χ4v) is 12.3. The number of hydrogen-bond acceptors (Lipinski definition) is 15. The zero-order valence-corrected chi connectivity index (χ0v) is 48.4. The van der Waals surface area contributed by atoms with Gasteiger partial charge in [0.05, 0.1) is 21.7 Å². The number of rotatable bonds is 17. The summed E-state index contributed by atoms with van der Waals surface area (Å²) in [4.78, 5) is 114. The molecule has 4 heterocycles. The fourth-order valence-electron chi connectivity index (χ4n) is 12.1. The molecule has 3 aromatic rings. The topological polar surface area (TPSA) is 252 Å². The number of anilines is 2. The van der Waals surface area contributed by atoms with Crippen LogP contribution in [-0.4, -0.2) is 158 Å². The first-order chi connectivity index (χ1) is 38.3. The molecule has 1 aliphatic carbocycles. The molecule has 0 radical (unpaired) electrons. The van der Waals surface area contributed by atoms with E-state index in [0.29, 0.717) is 45.8 Å². The van der Waals surface area contributed by atoms with Gasteiger partial charge >= 0.3 is 12.2 Å². The Bertz CT molecular complexity index is 2940. The Morgan fingerprint density at radius 2 is 1.41 bits per heavy atom. The lowest BCUT2D eigenvalue weighted by Crippen LogP contribution is -2.74. The van der Waals surface area contributed by atoms with E-state index in [1.54, 1.807) is 65.0 Å². The Morgan fingerprint density at radius 1 is 0.778 bits per heavy atom. The number of ether oxygens (including phenoxy) is 3. The number of nitrogens with zero attached hydrogens (tertiary/aromatic N) is 6. The second-order valence-electron chi connectivity index (χ2n) is 24.1. The molecule has 8 rings (SSSR count). The third-order valence-electron chi connectivity index (χ3n) is 16.1. The van der Waals surface area contributed by atoms with Crippen LogP contribution in [0.15, 0.2) is 60.7 Å². The van der Waals surface area contributed by atoms with Crippen LogP contribution in [0.25, 0.3) is 0 Å². The number of carbonyl (C=O) groups excluding carboxylic acids is 8. The highest BCUT2D eigenvalue weighted by Crippen LogP contribution is 2.55. The first kappa shape index (κ1) is 59.7. The van der Waals surface area contributed by atoms with Gasteiger partial charge in [-0.2, -0.15) is 5.26 Å². The number of carbonyl (C=O) groups is 8. The second-order valence-corrected chi connectivity index (χ2v) is 24.5. The van der Waals surface area contributed by atoms with Gasteiger partial charge in [0.15, 0.2) is 6.73 Å². The van der Waals surface area contributed by atoms with E-state index in [9.17, 15) is 43.6 Å². The van der Waals surface area contributed by atoms with Crippen LogP contribution in [0.2, 0.25) is 5.02 Å². The highest BCUT2D eigenvalue weighted by molar-refractivity contribution is 6.31. The summed E-state index contributed by atoms with van der Waals surface area (Å²) >= 11 is 6.27. The molecule has 3 saturated heterocycles. The summed E-state index contributed by atoms with van der Waals surface area (Å²) in [6, 6.07) is 17.7. The van der Waals surface area contributed by atoms with Crippen molar-refractivity contribution in [2.75, 3.05) is 75.4 Å². The number of benzene rings is 3. The van der Waals surface area contributed by atoms with Crippen molar-refractivity contribution in [3.05, 3.63) is 87.9 Å². The van der Waals surface area contributed by atoms with Crippen LogP contribution < -0.4 is 35.8 Å². The van der Waals surface area contributed by atoms with Crippen LogP contribution in [0.4, 0.5) is 21.0 Å². The molecular weight excluding hydrogens is 1060 g/mol. The molecular formula is C59H75ClN10O11. The summed E-state index contributed by atoms with van der Waals surface area (Å²) < 4.78 is 16.8. The predicted molar refractivity (Wildman–Crippen MR) is 302 cm³/mol. The SMILES string of the molecule is CC(C)[C@H](NC(=O)OC(C)(C)C)C(=O)NCCNC(=O)OCN1C(=O)CCC(N2C(=O)c3ccc(N4CCN(CC5CCN(c6ccc(C(=O)N[C@H]7C(C)(C)[C@H](Oc8ccc(C#N)c(Cl)c8)C7(C)C)cc6)CC5)CC4)cc3C2=O)C1=O. The number of hydrogen-bond donors (Lipinski definition) is 4. The number of halogens is 1. The van der Waals surface area contributed by atoms with E-state index in [1.165, 1.54) is 0 Å². The summed E-state index contributed by atoms with van der Waals surface area (Å²) in [5.74, 6) is -2.55. The standard InChI is InChI=1S/C59H75ClN10O11/c1-35(2)47(64-56(78)81-57(3,4)5)49(73)62-22-23-63-55(77)79-34-69-46(71)19-18-45(52(69)76)70-50(74)42-17-15-40(30-43(42)51(70)75)68-28-26-66(27-29-68)33-36-20-24-67(25-21-36)39-13-10-37(11-14-39)48(72)65-53-58(6,7)54(59(53,8)9)80-41-16-12-38(32-61)44(60)31-41/h10-17,30-31,35-36,45,47,53-54H,18-29,33-34H2,1-9H3,(H,62,73)(H,63,77)(H,64,78)(H,65,72)/t45?,47-,53-,54-/m0/s1. The second kappa shape index (κ2) is 24.3. The van der Waals surface area contributed by atoms with Gasteiger partial charge in [0.25, 0.3) is 23.6 Å². The van der Waals surface area contributed by atoms with Gasteiger partial charge in [-0.15, -0.1) is 0 Å². The minimum absolute atomic E-state index is 0.0276. The number of fused-ring (bicyclic) bond motifs is 1. The highest BCUT2D eigenvalue weighted by Gasteiger charge is 2.64. The van der Waals surface area contributed by atoms with Gasteiger partial charge < -0.3 is 45.3 Å². The molecule has 81 heavy (non-hydrogen) atoms. The maximum absolute atomic E-state index is 13.9. The number of piperidine rings is 2. The van der Waals surface area contributed by atoms with E-state index in [0.717, 1.165) is 61.8 Å². The first-order valence-corrected chi connectivity index (χ1v) is 28.2. The number of alkyl carbamates (subject to hydrolysis) is 2. The molecule has 1 unspecified atom stereocenters. The molecule has 2 atom stereocenters. The van der Waals surface area contributed by atoms with Crippen LogP contribution in [0.1, 0.15) is 125 Å². The predicted octanol–water partition coefficient (Wildman–Crippen LogP) is 6.33. The molecule has 0 spiro atoms. The largest absolute Gasteiger partial charge is 0.489 e. The van der Waals surface area contributed by atoms with E-state index in [4.69, 9.17) is 25.8 Å². The van der Waals surface area contributed by atoms with Crippen LogP contribution in [-0.2, 0) is 23.9 Å². The summed E-state index contributed by atoms with van der Waals surface area (Å²) in [5, 5.41) is 20.5. The minimum atomic E-state index is -1.28. The van der Waals surface area contributed by atoms with Crippen molar-refractivity contribution in [1.82, 2.24) is 36.0 Å². The molecule has 22 heteroatoms. The molecule has 434 valence electrons. The van der Waals surface area contributed by atoms with E-state index < -0.39 is 66.1 Å². The number of nitriles is 1. The molecule has 0 aromatic heterocycles. The number of amides is 8. The Balaban J connectivity index is 0.751. The molecule has 4 aliphatic heterocycles. The minimum Gasteiger partial charge on any atom is -0.489 e. The summed E-state index contributed by atoms with van der Waals surface area (Å²) in [5.41, 5.74) is 1.68. The van der Waals surface area contributed by atoms with E-state index in [1.807, 2.05) is 30.3 Å². The van der Waals surface area contributed by atoms with Crippen LogP contribution >= 0.6 is 11.6 Å². The molecule has 0 bridgehead atoms. The highest BCUT2D eigenvalue weighted by atomic mass is 35.5. The van der Waals surface area contributed by atoms with Crippen molar-refractivity contribution in [2.24, 2.45) is 22.7 Å². The van der Waals surface area contributed by atoms with Crippen LogP contribution in [0.5, 0.6) is 5.75 Å². The van der Waals surface area contributed by atoms with Crippen LogP contribution in [0, 0.1) is 34.0 Å². The van der Waals surface area contributed by atoms with Gasteiger partial charge in [0.1, 0.15) is 35.6 Å². The van der Waals surface area contributed by atoms with Gasteiger partial charge in [-0.3, -0.25) is 38.6 Å². The molecule has 4 fully saturated rings. The molecule has 5 aliphatic rings. The summed E-state index contributed by atoms with van der Waals surface area (Å²) in [6.45, 7) is 21.9. The van der Waals surface area contributed by atoms with E-state index >= 15 is 0 Å². The third-order valence-corrected chi connectivity index (χ3v) is 16.4. The quantitative estimate of drug-likeness (QED) is 0.0852. The number of piperazine rings is 1. The van der Waals surface area contributed by atoms with Crippen molar-refractivity contribution in [3.8, 4) is 11.8 Å².